The van der Waals surface area contributed by atoms with Gasteiger partial charge in [-0.05, 0) is 87.1 Å². The van der Waals surface area contributed by atoms with Gasteiger partial charge in [0.2, 0.25) is 11.9 Å². The van der Waals surface area contributed by atoms with Crippen LogP contribution in [0.25, 0.3) is 0 Å². The first kappa shape index (κ1) is 48.2. The van der Waals surface area contributed by atoms with Crippen molar-refractivity contribution < 1.29 is 33.4 Å². The number of likely N-dealkylation sites (tertiary alicyclic amines) is 1. The highest BCUT2D eigenvalue weighted by molar-refractivity contribution is 5.98. The zero-order chi connectivity index (χ0) is 48.3. The fraction of sp³-hybridized carbons (Fsp3) is 0.489. The number of aromatic nitrogens is 6. The molecule has 4 aromatic rings. The van der Waals surface area contributed by atoms with Crippen molar-refractivity contribution in [3.05, 3.63) is 71.0 Å². The highest BCUT2D eigenvalue weighted by atomic mass is 16.5. The van der Waals surface area contributed by atoms with Gasteiger partial charge in [0, 0.05) is 100 Å². The molecule has 5 aliphatic rings. The predicted molar refractivity (Wildman–Crippen MR) is 254 cm³/mol. The minimum atomic E-state index is -0.757. The van der Waals surface area contributed by atoms with Gasteiger partial charge in [0.15, 0.2) is 23.0 Å². The molecule has 5 aliphatic heterocycles. The fourth-order valence-electron chi connectivity index (χ4n) is 8.63. The number of hydrogen-bond donors (Lipinski definition) is 6. The van der Waals surface area contributed by atoms with Gasteiger partial charge in [-0.15, -0.1) is 20.4 Å². The molecule has 2 atom stereocenters. The van der Waals surface area contributed by atoms with Crippen LogP contribution in [0.1, 0.15) is 80.2 Å². The van der Waals surface area contributed by atoms with Crippen molar-refractivity contribution in [1.29, 1.82) is 0 Å². The smallest absolute Gasteiger partial charge is 0.317 e. The molecule has 6 amide bonds. The number of hydrogen-bond acceptors (Lipinski definition) is 18. The van der Waals surface area contributed by atoms with E-state index in [0.717, 1.165) is 58.2 Å². The number of carbonyl (C=O) groups excluding carboxylic acids is 5. The molecule has 0 saturated carbocycles. The molecule has 366 valence electrons. The van der Waals surface area contributed by atoms with Gasteiger partial charge in [-0.1, -0.05) is 0 Å². The first-order valence-electron chi connectivity index (χ1n) is 23.4. The molecule has 9 rings (SSSR count). The Morgan fingerprint density at radius 2 is 0.986 bits per heavy atom. The molecule has 0 unspecified atom stereocenters. The second kappa shape index (κ2) is 22.7. The number of urea groups is 1. The topological polar surface area (TPSA) is 311 Å². The normalized spacial score (nSPS) is 19.5. The molecule has 24 nitrogen and oxygen atoms in total. The number of morpholine rings is 2. The highest BCUT2D eigenvalue weighted by Gasteiger charge is 2.28. The molecule has 69 heavy (non-hydrogen) atoms. The Kier molecular flexibility index (Phi) is 15.8. The summed E-state index contributed by atoms with van der Waals surface area (Å²) in [5, 5.41) is 25.5. The molecule has 0 bridgehead atoms. The maximum Gasteiger partial charge on any atom is 0.317 e. The minimum absolute atomic E-state index is 0.0321. The van der Waals surface area contributed by atoms with Crippen molar-refractivity contribution in [2.45, 2.75) is 50.6 Å². The zero-order valence-electron chi connectivity index (χ0n) is 38.4. The molecule has 0 aliphatic carbocycles. The van der Waals surface area contributed by atoms with Crippen molar-refractivity contribution in [1.82, 2.24) is 50.4 Å². The fourth-order valence-corrected chi connectivity index (χ4v) is 8.63. The molecule has 5 fully saturated rings. The summed E-state index contributed by atoms with van der Waals surface area (Å²) >= 11 is 0. The van der Waals surface area contributed by atoms with Crippen LogP contribution >= 0.6 is 0 Å². The summed E-state index contributed by atoms with van der Waals surface area (Å²) in [6.07, 6.45) is 5.68. The van der Waals surface area contributed by atoms with Crippen LogP contribution in [0.2, 0.25) is 0 Å². The molecule has 0 radical (unpaired) electrons. The number of carbonyl (C=O) groups is 5. The lowest BCUT2D eigenvalue weighted by Gasteiger charge is -2.34. The van der Waals surface area contributed by atoms with E-state index in [1.54, 1.807) is 58.3 Å². The Morgan fingerprint density at radius 3 is 1.43 bits per heavy atom. The second-order valence-electron chi connectivity index (χ2n) is 17.3. The lowest BCUT2D eigenvalue weighted by molar-refractivity contribution is 0.0301. The Labute approximate surface area is 398 Å². The first-order chi connectivity index (χ1) is 33.5. The molecule has 0 spiro atoms. The maximum atomic E-state index is 12.7. The van der Waals surface area contributed by atoms with Gasteiger partial charge in [-0.3, -0.25) is 19.2 Å². The van der Waals surface area contributed by atoms with Crippen LogP contribution in [0.5, 0.6) is 0 Å². The van der Waals surface area contributed by atoms with Gasteiger partial charge in [0.05, 0.1) is 26.4 Å². The number of primary amides is 2. The number of benzene rings is 2. The summed E-state index contributed by atoms with van der Waals surface area (Å²) in [6.45, 7) is 8.66. The largest absolute Gasteiger partial charge is 0.378 e. The number of nitrogens with two attached hydrogens (primary N) is 3. The summed E-state index contributed by atoms with van der Waals surface area (Å²) < 4.78 is 10.6. The average Bonchev–Trinajstić information content (AvgIpc) is 3.93. The van der Waals surface area contributed by atoms with Crippen LogP contribution in [0.4, 0.5) is 39.7 Å². The summed E-state index contributed by atoms with van der Waals surface area (Å²) in [6, 6.07) is 13.8. The van der Waals surface area contributed by atoms with E-state index in [9.17, 15) is 24.0 Å². The quantitative estimate of drug-likeness (QED) is 0.123. The van der Waals surface area contributed by atoms with E-state index >= 15 is 0 Å². The van der Waals surface area contributed by atoms with Crippen molar-refractivity contribution in [2.24, 2.45) is 17.2 Å². The third kappa shape index (κ3) is 12.4. The Morgan fingerprint density at radius 1 is 0.536 bits per heavy atom. The van der Waals surface area contributed by atoms with Gasteiger partial charge in [0.1, 0.15) is 0 Å². The Bertz CT molecular complexity index is 2450. The number of anilines is 6. The van der Waals surface area contributed by atoms with Crippen LogP contribution in [-0.4, -0.2) is 179 Å². The van der Waals surface area contributed by atoms with Gasteiger partial charge in [-0.25, -0.2) is 4.79 Å². The van der Waals surface area contributed by atoms with Gasteiger partial charge in [-0.2, -0.15) is 9.97 Å². The van der Waals surface area contributed by atoms with E-state index < -0.39 is 11.8 Å². The third-order valence-electron chi connectivity index (χ3n) is 12.4. The lowest BCUT2D eigenvalue weighted by atomic mass is 10.1. The van der Waals surface area contributed by atoms with Crippen molar-refractivity contribution in [3.63, 3.8) is 0 Å². The predicted octanol–water partition coefficient (Wildman–Crippen LogP) is 1.07. The van der Waals surface area contributed by atoms with Crippen molar-refractivity contribution in [2.75, 3.05) is 112 Å². The zero-order valence-corrected chi connectivity index (χ0v) is 38.4. The van der Waals surface area contributed by atoms with E-state index in [4.69, 9.17) is 26.7 Å². The molecule has 9 N–H and O–H groups in total. The van der Waals surface area contributed by atoms with Gasteiger partial charge < -0.3 is 67.1 Å². The van der Waals surface area contributed by atoms with E-state index in [1.165, 1.54) is 0 Å². The van der Waals surface area contributed by atoms with Crippen LogP contribution < -0.4 is 43.0 Å². The number of piperidine rings is 2. The van der Waals surface area contributed by atoms with Gasteiger partial charge >= 0.3 is 6.03 Å². The number of ether oxygens (including phenoxy) is 2. The molecule has 2 aromatic heterocycles. The van der Waals surface area contributed by atoms with E-state index in [1.807, 2.05) is 14.7 Å². The van der Waals surface area contributed by atoms with E-state index in [2.05, 4.69) is 46.3 Å². The molecule has 7 heterocycles. The molecule has 24 heteroatoms. The van der Waals surface area contributed by atoms with Crippen LogP contribution in [0.15, 0.2) is 48.5 Å². The van der Waals surface area contributed by atoms with E-state index in [-0.39, 0.29) is 53.0 Å². The SMILES string of the molecule is NC(=O)c1nnc(N2CCC[C@@H](N)C2)nc1Nc1ccc(C(=O)N2CCOCC2)cc1.NC(=O)c1nnc(N2CCC[C@@H](NC(=O)N3CCCC3)C2)nc1Nc1ccc(C(=O)N2CCOCC2)cc1. The first-order valence-corrected chi connectivity index (χ1v) is 23.4. The summed E-state index contributed by atoms with van der Waals surface area (Å²) in [5.74, 6) is -0.461. The van der Waals surface area contributed by atoms with Crippen molar-refractivity contribution in [3.8, 4) is 0 Å². The molecule has 5 saturated heterocycles. The van der Waals surface area contributed by atoms with E-state index in [0.29, 0.717) is 107 Å². The summed E-state index contributed by atoms with van der Waals surface area (Å²) in [4.78, 5) is 80.0. The highest BCUT2D eigenvalue weighted by Crippen LogP contribution is 2.25. The monoisotopic (exact) mass is 949 g/mol. The minimum Gasteiger partial charge on any atom is -0.378 e. The molecule has 2 aromatic carbocycles. The van der Waals surface area contributed by atoms with Gasteiger partial charge in [0.25, 0.3) is 23.6 Å². The lowest BCUT2D eigenvalue weighted by Crippen LogP contribution is -2.51. The Hall–Kier alpha value is -7.31. The maximum absolute atomic E-state index is 12.7. The summed E-state index contributed by atoms with van der Waals surface area (Å²) in [5.41, 5.74) is 19.3. The Balaban J connectivity index is 0.000000190. The van der Waals surface area contributed by atoms with Crippen LogP contribution in [-0.2, 0) is 9.47 Å². The standard InChI is InChI=1S/C25H33N9O4.C20H26N8O3/c26-21(35)20-22(27-18-7-5-17(6-8-18)23(36)32-12-14-38-15-13-32)29-24(31-30-20)34-11-3-4-19(16-34)28-25(37)33-9-1-2-10-33;21-14-2-1-7-28(12-14)20-24-18(16(17(22)29)25-26-20)23-15-5-3-13(4-6-15)19(30)27-8-10-31-11-9-27/h5-8,19H,1-4,9-16H2,(H2,26,35)(H,28,37)(H,27,29,31);3-6,14H,1-2,7-12,21H2,(H2,22,29)(H,23,24,26)/t19-;14-/m11/s1. The number of nitrogens with zero attached hydrogens (tertiary/aromatic N) is 11. The summed E-state index contributed by atoms with van der Waals surface area (Å²) in [7, 11) is 0. The van der Waals surface area contributed by atoms with Crippen LogP contribution in [0, 0.1) is 0 Å². The number of nitrogens with one attached hydrogen (secondary N) is 3. The number of rotatable bonds is 11. The average molecular weight is 950 g/mol. The third-order valence-corrected chi connectivity index (χ3v) is 12.4. The molecular weight excluding hydrogens is 891 g/mol. The second-order valence-corrected chi connectivity index (χ2v) is 17.3. The van der Waals surface area contributed by atoms with Crippen LogP contribution in [0.3, 0.4) is 0 Å². The number of amides is 6. The van der Waals surface area contributed by atoms with Crippen molar-refractivity contribution >= 4 is 64.6 Å². The molecular formula is C45H59N17O7.